The molecule has 0 spiro atoms. The topological polar surface area (TPSA) is 40.5 Å². The van der Waals surface area contributed by atoms with E-state index in [1.807, 2.05) is 31.2 Å². The van der Waals surface area contributed by atoms with Crippen molar-refractivity contribution in [3.05, 3.63) is 72.1 Å². The van der Waals surface area contributed by atoms with E-state index in [1.54, 1.807) is 6.20 Å². The highest BCUT2D eigenvalue weighted by atomic mass is 32.1. The summed E-state index contributed by atoms with van der Waals surface area (Å²) in [6.45, 7) is 3.61. The van der Waals surface area contributed by atoms with E-state index in [9.17, 15) is 0 Å². The second-order valence-corrected chi connectivity index (χ2v) is 6.01. The van der Waals surface area contributed by atoms with Crippen molar-refractivity contribution in [1.29, 1.82) is 0 Å². The van der Waals surface area contributed by atoms with Gasteiger partial charge in [0.25, 0.3) is 0 Å². The maximum Gasteiger partial charge on any atom is 0.189 e. The number of hydrazone groups is 1. The molecule has 1 aromatic carbocycles. The molecule has 0 fully saturated rings. The van der Waals surface area contributed by atoms with Crippen LogP contribution in [0.4, 0.5) is 0 Å². The van der Waals surface area contributed by atoms with Crippen LogP contribution in [0.2, 0.25) is 0 Å². The molecule has 0 bridgehead atoms. The highest BCUT2D eigenvalue weighted by Gasteiger charge is 2.15. The van der Waals surface area contributed by atoms with E-state index in [-0.39, 0.29) is 0 Å². The van der Waals surface area contributed by atoms with Crippen molar-refractivity contribution in [2.24, 2.45) is 5.10 Å². The minimum atomic E-state index is 0.647. The zero-order chi connectivity index (χ0) is 16.8. The Labute approximate surface area is 147 Å². The maximum atomic E-state index is 5.46. The Morgan fingerprint density at radius 3 is 2.62 bits per heavy atom. The molecular weight excluding hydrogens is 316 g/mol. The molecular formula is C19H20N4S. The van der Waals surface area contributed by atoms with Crippen molar-refractivity contribution in [1.82, 2.24) is 15.3 Å². The molecule has 0 atom stereocenters. The van der Waals surface area contributed by atoms with Gasteiger partial charge in [-0.15, -0.1) is 0 Å². The Balaban J connectivity index is 1.58. The molecule has 1 N–H and O–H groups in total. The van der Waals surface area contributed by atoms with E-state index in [0.29, 0.717) is 5.11 Å². The highest BCUT2D eigenvalue weighted by molar-refractivity contribution is 7.80. The number of aromatic nitrogens is 1. The van der Waals surface area contributed by atoms with E-state index < -0.39 is 0 Å². The summed E-state index contributed by atoms with van der Waals surface area (Å²) in [5, 5.41) is 4.99. The minimum Gasteiger partial charge on any atom is -0.344 e. The van der Waals surface area contributed by atoms with Crippen LogP contribution in [-0.2, 0) is 0 Å². The van der Waals surface area contributed by atoms with Gasteiger partial charge < -0.3 is 4.90 Å². The summed E-state index contributed by atoms with van der Waals surface area (Å²) < 4.78 is 0. The predicted octanol–water partition coefficient (Wildman–Crippen LogP) is 3.47. The van der Waals surface area contributed by atoms with Crippen LogP contribution in [0.15, 0.2) is 65.9 Å². The average Bonchev–Trinajstić information content (AvgIpc) is 2.67. The second-order valence-electron chi connectivity index (χ2n) is 5.62. The summed E-state index contributed by atoms with van der Waals surface area (Å²) in [6, 6.07) is 16.3. The van der Waals surface area contributed by atoms with E-state index in [4.69, 9.17) is 12.2 Å². The summed E-state index contributed by atoms with van der Waals surface area (Å²) in [4.78, 5) is 6.40. The molecule has 1 aliphatic rings. The van der Waals surface area contributed by atoms with Crippen LogP contribution in [-0.4, -0.2) is 33.8 Å². The van der Waals surface area contributed by atoms with Crippen molar-refractivity contribution in [3.8, 4) is 0 Å². The second kappa shape index (κ2) is 7.84. The Morgan fingerprint density at radius 2 is 1.96 bits per heavy atom. The molecule has 2 aromatic rings. The number of hydrogen-bond donors (Lipinski definition) is 1. The molecule has 1 aromatic heterocycles. The smallest absolute Gasteiger partial charge is 0.189 e. The summed E-state index contributed by atoms with van der Waals surface area (Å²) in [5.41, 5.74) is 7.31. The fourth-order valence-electron chi connectivity index (χ4n) is 2.60. The molecule has 0 amide bonds. The third-order valence-electron chi connectivity index (χ3n) is 4.00. The van der Waals surface area contributed by atoms with Crippen LogP contribution in [0, 0.1) is 0 Å². The fourth-order valence-corrected chi connectivity index (χ4v) is 2.82. The Morgan fingerprint density at radius 1 is 1.17 bits per heavy atom. The number of thiocarbonyl (C=S) groups is 1. The molecule has 0 saturated carbocycles. The van der Waals surface area contributed by atoms with Gasteiger partial charge in [-0.1, -0.05) is 42.5 Å². The summed E-state index contributed by atoms with van der Waals surface area (Å²) in [5.74, 6) is 0. The molecule has 122 valence electrons. The normalized spacial score (nSPS) is 15.0. The largest absolute Gasteiger partial charge is 0.344 e. The number of benzene rings is 1. The molecule has 3 rings (SSSR count). The van der Waals surface area contributed by atoms with Gasteiger partial charge in [-0.25, -0.2) is 0 Å². The number of hydrogen-bond acceptors (Lipinski definition) is 3. The van der Waals surface area contributed by atoms with Gasteiger partial charge in [0.05, 0.1) is 11.4 Å². The van der Waals surface area contributed by atoms with Gasteiger partial charge >= 0.3 is 0 Å². The summed E-state index contributed by atoms with van der Waals surface area (Å²) >= 11 is 5.46. The van der Waals surface area contributed by atoms with Crippen molar-refractivity contribution >= 4 is 28.6 Å². The molecule has 2 heterocycles. The third-order valence-corrected chi connectivity index (χ3v) is 4.35. The zero-order valence-corrected chi connectivity index (χ0v) is 14.5. The first-order valence-corrected chi connectivity index (χ1v) is 8.40. The highest BCUT2D eigenvalue weighted by Crippen LogP contribution is 2.21. The first kappa shape index (κ1) is 16.3. The van der Waals surface area contributed by atoms with Crippen LogP contribution in [0.1, 0.15) is 24.6 Å². The first-order chi connectivity index (χ1) is 11.7. The maximum absolute atomic E-state index is 5.46. The molecule has 4 nitrogen and oxygen atoms in total. The van der Waals surface area contributed by atoms with Crippen molar-refractivity contribution in [2.75, 3.05) is 13.1 Å². The van der Waals surface area contributed by atoms with Gasteiger partial charge in [0.1, 0.15) is 0 Å². The van der Waals surface area contributed by atoms with Crippen LogP contribution >= 0.6 is 12.2 Å². The first-order valence-electron chi connectivity index (χ1n) is 7.99. The monoisotopic (exact) mass is 336 g/mol. The molecule has 0 radical (unpaired) electrons. The van der Waals surface area contributed by atoms with Crippen LogP contribution in [0.25, 0.3) is 5.57 Å². The number of nitrogens with zero attached hydrogens (tertiary/aromatic N) is 3. The van der Waals surface area contributed by atoms with E-state index in [0.717, 1.165) is 30.9 Å². The lowest BCUT2D eigenvalue weighted by Crippen LogP contribution is -2.40. The average molecular weight is 336 g/mol. The SMILES string of the molecule is C/C(=N/NC(=S)N1CC=C(c2ccccc2)CC1)c1ccccn1. The molecule has 5 heteroatoms. The van der Waals surface area contributed by atoms with E-state index >= 15 is 0 Å². The van der Waals surface area contributed by atoms with Gasteiger partial charge in [0, 0.05) is 19.3 Å². The van der Waals surface area contributed by atoms with Crippen LogP contribution in [0.5, 0.6) is 0 Å². The van der Waals surface area contributed by atoms with Crippen molar-refractivity contribution < 1.29 is 0 Å². The Hall–Kier alpha value is -2.53. The number of pyridine rings is 1. The quantitative estimate of drug-likeness (QED) is 0.529. The molecule has 0 saturated heterocycles. The molecule has 0 aliphatic carbocycles. The Kier molecular flexibility index (Phi) is 5.33. The van der Waals surface area contributed by atoms with Gasteiger partial charge in [-0.05, 0) is 48.8 Å². The van der Waals surface area contributed by atoms with E-state index in [1.165, 1.54) is 11.1 Å². The number of nitrogens with one attached hydrogen (secondary N) is 1. The zero-order valence-electron chi connectivity index (χ0n) is 13.6. The lowest BCUT2D eigenvalue weighted by molar-refractivity contribution is 0.452. The fraction of sp³-hybridized carbons (Fsp3) is 0.211. The summed E-state index contributed by atoms with van der Waals surface area (Å²) in [7, 11) is 0. The third kappa shape index (κ3) is 4.06. The van der Waals surface area contributed by atoms with Crippen molar-refractivity contribution in [2.45, 2.75) is 13.3 Å². The summed E-state index contributed by atoms with van der Waals surface area (Å²) in [6.07, 6.45) is 4.98. The van der Waals surface area contributed by atoms with Gasteiger partial charge in [-0.2, -0.15) is 5.10 Å². The Bertz CT molecular complexity index is 753. The lowest BCUT2D eigenvalue weighted by Gasteiger charge is -2.28. The van der Waals surface area contributed by atoms with Gasteiger partial charge in [0.2, 0.25) is 0 Å². The predicted molar refractivity (Wildman–Crippen MR) is 103 cm³/mol. The minimum absolute atomic E-state index is 0.647. The van der Waals surface area contributed by atoms with Crippen molar-refractivity contribution in [3.63, 3.8) is 0 Å². The van der Waals surface area contributed by atoms with Gasteiger partial charge in [-0.3, -0.25) is 10.4 Å². The standard InChI is InChI=1S/C19H20N4S/c1-15(18-9-5-6-12-20-18)21-22-19(24)23-13-10-17(11-14-23)16-7-3-2-4-8-16/h2-10,12H,11,13-14H2,1H3,(H,22,24)/b21-15-. The number of rotatable bonds is 3. The van der Waals surface area contributed by atoms with Crippen LogP contribution < -0.4 is 5.43 Å². The molecule has 0 unspecified atom stereocenters. The van der Waals surface area contributed by atoms with Gasteiger partial charge in [0.15, 0.2) is 5.11 Å². The molecule has 24 heavy (non-hydrogen) atoms. The van der Waals surface area contributed by atoms with Crippen LogP contribution in [0.3, 0.4) is 0 Å². The molecule has 1 aliphatic heterocycles. The lowest BCUT2D eigenvalue weighted by atomic mass is 10.00. The van der Waals surface area contributed by atoms with E-state index in [2.05, 4.69) is 50.8 Å².